The molecular formula is C26H35N5O. The van der Waals surface area contributed by atoms with E-state index >= 15 is 0 Å². The molecule has 6 heteroatoms. The Morgan fingerprint density at radius 1 is 1.16 bits per heavy atom. The van der Waals surface area contributed by atoms with E-state index < -0.39 is 0 Å². The first-order valence-electron chi connectivity index (χ1n) is 11.6. The maximum atomic E-state index is 13.2. The van der Waals surface area contributed by atoms with Crippen LogP contribution in [-0.4, -0.2) is 60.0 Å². The first kappa shape index (κ1) is 22.4. The van der Waals surface area contributed by atoms with Gasteiger partial charge >= 0.3 is 0 Å². The lowest BCUT2D eigenvalue weighted by Gasteiger charge is -2.36. The molecule has 1 saturated heterocycles. The second-order valence-corrected chi connectivity index (χ2v) is 10.1. The van der Waals surface area contributed by atoms with Crippen molar-refractivity contribution in [1.82, 2.24) is 20.0 Å². The van der Waals surface area contributed by atoms with Crippen LogP contribution in [0, 0.1) is 23.8 Å². The molecule has 1 saturated carbocycles. The van der Waals surface area contributed by atoms with Crippen molar-refractivity contribution >= 4 is 11.6 Å². The summed E-state index contributed by atoms with van der Waals surface area (Å²) in [5, 5.41) is 3.35. The predicted molar refractivity (Wildman–Crippen MR) is 128 cm³/mol. The van der Waals surface area contributed by atoms with Gasteiger partial charge in [0.25, 0.3) is 0 Å². The van der Waals surface area contributed by atoms with Crippen molar-refractivity contribution in [2.24, 2.45) is 17.3 Å². The van der Waals surface area contributed by atoms with Gasteiger partial charge in [-0.3, -0.25) is 9.69 Å². The van der Waals surface area contributed by atoms with E-state index in [0.717, 1.165) is 45.9 Å². The number of piperazine rings is 1. The first-order chi connectivity index (χ1) is 15.3. The van der Waals surface area contributed by atoms with Crippen LogP contribution in [0.1, 0.15) is 33.3 Å². The molecule has 1 aromatic rings. The molecular weight excluding hydrogens is 398 g/mol. The number of amides is 1. The van der Waals surface area contributed by atoms with Crippen LogP contribution in [0.25, 0.3) is 4.85 Å². The average Bonchev–Trinajstić information content (AvgIpc) is 3.06. The predicted octanol–water partition coefficient (Wildman–Crippen LogP) is 3.82. The Kier molecular flexibility index (Phi) is 6.30. The number of benzene rings is 1. The third-order valence-electron chi connectivity index (χ3n) is 7.16. The molecule has 1 amide bonds. The molecule has 32 heavy (non-hydrogen) atoms. The minimum atomic E-state index is 0.0826. The molecule has 2 aliphatic heterocycles. The molecule has 1 N–H and O–H groups in total. The Morgan fingerprint density at radius 2 is 1.84 bits per heavy atom. The van der Waals surface area contributed by atoms with Gasteiger partial charge in [-0.15, -0.1) is 0 Å². The van der Waals surface area contributed by atoms with E-state index in [1.165, 1.54) is 16.8 Å². The molecule has 1 aliphatic carbocycles. The van der Waals surface area contributed by atoms with Crippen LogP contribution in [0.15, 0.2) is 47.8 Å². The lowest BCUT2D eigenvalue weighted by Crippen LogP contribution is -2.50. The van der Waals surface area contributed by atoms with Crippen molar-refractivity contribution in [3.8, 4) is 0 Å². The highest BCUT2D eigenvalue weighted by molar-refractivity contribution is 5.84. The van der Waals surface area contributed by atoms with Crippen LogP contribution in [-0.2, 0) is 11.3 Å². The summed E-state index contributed by atoms with van der Waals surface area (Å²) in [7, 11) is 0. The summed E-state index contributed by atoms with van der Waals surface area (Å²) >= 11 is 0. The average molecular weight is 434 g/mol. The molecule has 0 aromatic heterocycles. The summed E-state index contributed by atoms with van der Waals surface area (Å²) in [6, 6.07) is 7.84. The van der Waals surface area contributed by atoms with Gasteiger partial charge in [0, 0.05) is 51.2 Å². The first-order valence-corrected chi connectivity index (χ1v) is 11.6. The van der Waals surface area contributed by atoms with E-state index in [9.17, 15) is 4.79 Å². The molecule has 2 unspecified atom stereocenters. The van der Waals surface area contributed by atoms with Gasteiger partial charge in [0.2, 0.25) is 5.91 Å². The number of carbonyl (C=O) groups excluding carboxylic acids is 1. The minimum absolute atomic E-state index is 0.0826. The number of nitrogens with zero attached hydrogens (tertiary/aromatic N) is 4. The number of nitrogens with one attached hydrogen (secondary N) is 1. The Hall–Kier alpha value is -2.78. The van der Waals surface area contributed by atoms with E-state index in [-0.39, 0.29) is 11.3 Å². The summed E-state index contributed by atoms with van der Waals surface area (Å²) in [4.78, 5) is 23.5. The van der Waals surface area contributed by atoms with Crippen LogP contribution >= 0.6 is 0 Å². The van der Waals surface area contributed by atoms with Gasteiger partial charge in [-0.2, -0.15) is 0 Å². The fourth-order valence-electron chi connectivity index (χ4n) is 5.04. The molecule has 0 radical (unpaired) electrons. The normalized spacial score (nSPS) is 24.4. The summed E-state index contributed by atoms with van der Waals surface area (Å²) in [6.45, 7) is 21.8. The molecule has 6 nitrogen and oxygen atoms in total. The second-order valence-electron chi connectivity index (χ2n) is 10.1. The van der Waals surface area contributed by atoms with Crippen molar-refractivity contribution in [2.45, 2.75) is 34.2 Å². The molecule has 2 atom stereocenters. The van der Waals surface area contributed by atoms with Crippen LogP contribution in [0.4, 0.5) is 5.69 Å². The van der Waals surface area contributed by atoms with Crippen LogP contribution in [0.2, 0.25) is 0 Å². The maximum Gasteiger partial charge on any atom is 0.226 e. The third kappa shape index (κ3) is 4.68. The number of hydrogen-bond acceptors (Lipinski definition) is 4. The fraction of sp³-hybridized carbons (Fsp3) is 0.538. The van der Waals surface area contributed by atoms with Crippen molar-refractivity contribution in [2.75, 3.05) is 39.4 Å². The molecule has 4 rings (SSSR count). The highest BCUT2D eigenvalue weighted by Crippen LogP contribution is 2.60. The monoisotopic (exact) mass is 433 g/mol. The Morgan fingerprint density at radius 3 is 2.47 bits per heavy atom. The second kappa shape index (κ2) is 8.99. The summed E-state index contributed by atoms with van der Waals surface area (Å²) < 4.78 is 0. The number of rotatable bonds is 6. The minimum Gasteiger partial charge on any atom is -0.372 e. The van der Waals surface area contributed by atoms with Gasteiger partial charge in [0.15, 0.2) is 5.69 Å². The summed E-state index contributed by atoms with van der Waals surface area (Å²) in [5.74, 6) is 0.851. The van der Waals surface area contributed by atoms with Gasteiger partial charge in [-0.1, -0.05) is 49.8 Å². The number of allylic oxidation sites excluding steroid dienone is 2. The standard InChI is InChI=1S/C26H35N5O/c1-19(2)14-23-24(26(23,3)4)25(32)30-12-10-29(11-13-30)17-22-15-28-18-31(22)16-20-6-8-21(27-5)9-7-20/h6-9,14-15,23-24,28H,10-13,16-18H2,1-4H3. The van der Waals surface area contributed by atoms with Gasteiger partial charge in [-0.25, -0.2) is 4.85 Å². The lowest BCUT2D eigenvalue weighted by atomic mass is 10.1. The maximum absolute atomic E-state index is 13.2. The van der Waals surface area contributed by atoms with Crippen molar-refractivity contribution in [3.63, 3.8) is 0 Å². The molecule has 2 heterocycles. The van der Waals surface area contributed by atoms with Crippen molar-refractivity contribution in [3.05, 3.63) is 64.8 Å². The van der Waals surface area contributed by atoms with E-state index in [0.29, 0.717) is 17.5 Å². The molecule has 2 fully saturated rings. The smallest absolute Gasteiger partial charge is 0.226 e. The number of hydrogen-bond donors (Lipinski definition) is 1. The zero-order valence-corrected chi connectivity index (χ0v) is 19.8. The Balaban J connectivity index is 1.28. The van der Waals surface area contributed by atoms with E-state index in [2.05, 4.69) is 64.8 Å². The van der Waals surface area contributed by atoms with Crippen molar-refractivity contribution in [1.29, 1.82) is 0 Å². The zero-order valence-electron chi connectivity index (χ0n) is 19.8. The fourth-order valence-corrected chi connectivity index (χ4v) is 5.04. The van der Waals surface area contributed by atoms with E-state index in [1.807, 2.05) is 24.3 Å². The van der Waals surface area contributed by atoms with Gasteiger partial charge in [0.05, 0.1) is 19.2 Å². The van der Waals surface area contributed by atoms with Crippen molar-refractivity contribution < 1.29 is 4.79 Å². The summed E-state index contributed by atoms with van der Waals surface area (Å²) in [6.07, 6.45) is 4.39. The Labute approximate surface area is 192 Å². The highest BCUT2D eigenvalue weighted by atomic mass is 16.2. The van der Waals surface area contributed by atoms with Crippen LogP contribution in [0.5, 0.6) is 0 Å². The summed E-state index contributed by atoms with van der Waals surface area (Å²) in [5.41, 5.74) is 4.55. The third-order valence-corrected chi connectivity index (χ3v) is 7.16. The SMILES string of the molecule is [C-]#[N+]c1ccc(CN2CNC=C2CN2CCN(C(=O)C3C(C=C(C)C)C3(C)C)CC2)cc1. The largest absolute Gasteiger partial charge is 0.372 e. The molecule has 1 aromatic carbocycles. The van der Waals surface area contributed by atoms with Crippen LogP contribution < -0.4 is 5.32 Å². The quantitative estimate of drug-likeness (QED) is 0.547. The van der Waals surface area contributed by atoms with Gasteiger partial charge < -0.3 is 15.1 Å². The molecule has 0 bridgehead atoms. The zero-order chi connectivity index (χ0) is 22.9. The van der Waals surface area contributed by atoms with Gasteiger partial charge in [-0.05, 0) is 30.7 Å². The van der Waals surface area contributed by atoms with Crippen LogP contribution in [0.3, 0.4) is 0 Å². The molecule has 0 spiro atoms. The Bertz CT molecular complexity index is 943. The lowest BCUT2D eigenvalue weighted by molar-refractivity contribution is -0.135. The topological polar surface area (TPSA) is 43.2 Å². The molecule has 170 valence electrons. The van der Waals surface area contributed by atoms with Gasteiger partial charge in [0.1, 0.15) is 0 Å². The molecule has 3 aliphatic rings. The van der Waals surface area contributed by atoms with E-state index in [4.69, 9.17) is 6.57 Å². The number of carbonyl (C=O) groups is 1. The van der Waals surface area contributed by atoms with E-state index in [1.54, 1.807) is 0 Å². The highest BCUT2D eigenvalue weighted by Gasteiger charge is 2.61.